The van der Waals surface area contributed by atoms with Gasteiger partial charge in [0.25, 0.3) is 0 Å². The number of nitrogens with zero attached hydrogens (tertiary/aromatic N) is 2. The predicted molar refractivity (Wildman–Crippen MR) is 86.5 cm³/mol. The van der Waals surface area contributed by atoms with Crippen molar-refractivity contribution in [3.63, 3.8) is 0 Å². The highest BCUT2D eigenvalue weighted by atomic mass is 14.9. The fourth-order valence-electron chi connectivity index (χ4n) is 3.10. The highest BCUT2D eigenvalue weighted by Gasteiger charge is 2.30. The average molecular weight is 285 g/mol. The van der Waals surface area contributed by atoms with Crippen molar-refractivity contribution in [3.8, 4) is 12.1 Å². The van der Waals surface area contributed by atoms with Crippen LogP contribution in [0.4, 0.5) is 0 Å². The van der Waals surface area contributed by atoms with Gasteiger partial charge in [0.1, 0.15) is 0 Å². The molecule has 22 heavy (non-hydrogen) atoms. The van der Waals surface area contributed by atoms with Crippen molar-refractivity contribution in [1.29, 1.82) is 10.5 Å². The van der Waals surface area contributed by atoms with E-state index >= 15 is 0 Å². The quantitative estimate of drug-likeness (QED) is 0.857. The Hall–Kier alpha value is -3.04. The Morgan fingerprint density at radius 2 is 1.45 bits per heavy atom. The van der Waals surface area contributed by atoms with Crippen LogP contribution in [0.15, 0.2) is 65.0 Å². The molecule has 2 aromatic carbocycles. The molecule has 0 spiro atoms. The van der Waals surface area contributed by atoms with Crippen molar-refractivity contribution >= 4 is 10.8 Å². The molecule has 3 nitrogen and oxygen atoms in total. The van der Waals surface area contributed by atoms with Gasteiger partial charge in [-0.05, 0) is 30.2 Å². The maximum atomic E-state index is 9.58. The van der Waals surface area contributed by atoms with Gasteiger partial charge in [0.2, 0.25) is 0 Å². The fourth-order valence-corrected chi connectivity index (χ4v) is 3.10. The Kier molecular flexibility index (Phi) is 3.41. The third kappa shape index (κ3) is 2.05. The summed E-state index contributed by atoms with van der Waals surface area (Å²) in [5.74, 6) is -0.303. The smallest absolute Gasteiger partial charge is 0.0975 e. The second-order valence-corrected chi connectivity index (χ2v) is 5.43. The number of allylic oxidation sites excluding steroid dienone is 4. The van der Waals surface area contributed by atoms with Gasteiger partial charge in [0.05, 0.1) is 29.2 Å². The minimum atomic E-state index is -0.303. The zero-order valence-corrected chi connectivity index (χ0v) is 12.5. The number of nitrogens with one attached hydrogen (secondary N) is 1. The summed E-state index contributed by atoms with van der Waals surface area (Å²) in [5.41, 5.74) is 3.86. The molecule has 0 saturated carbocycles. The molecule has 2 aromatic rings. The Labute approximate surface area is 129 Å². The summed E-state index contributed by atoms with van der Waals surface area (Å²) >= 11 is 0. The van der Waals surface area contributed by atoms with Crippen LogP contribution in [0.5, 0.6) is 0 Å². The van der Waals surface area contributed by atoms with Crippen molar-refractivity contribution in [1.82, 2.24) is 5.32 Å². The number of hydrogen-bond donors (Lipinski definition) is 1. The molecule has 0 atom stereocenters. The molecule has 1 aliphatic rings. The normalized spacial score (nSPS) is 15.5. The van der Waals surface area contributed by atoms with Gasteiger partial charge in [0, 0.05) is 11.4 Å². The van der Waals surface area contributed by atoms with Gasteiger partial charge < -0.3 is 5.32 Å². The topological polar surface area (TPSA) is 59.6 Å². The number of fused-ring (bicyclic) bond motifs is 1. The molecule has 3 rings (SSSR count). The van der Waals surface area contributed by atoms with Crippen LogP contribution in [0.25, 0.3) is 10.8 Å². The maximum absolute atomic E-state index is 9.58. The van der Waals surface area contributed by atoms with Crippen LogP contribution in [-0.2, 0) is 0 Å². The van der Waals surface area contributed by atoms with Crippen LogP contribution in [0, 0.1) is 22.7 Å². The fraction of sp³-hybridized carbons (Fsp3) is 0.158. The lowest BCUT2D eigenvalue weighted by atomic mass is 9.80. The van der Waals surface area contributed by atoms with Crippen molar-refractivity contribution < 1.29 is 0 Å². The first-order valence-corrected chi connectivity index (χ1v) is 7.13. The summed E-state index contributed by atoms with van der Waals surface area (Å²) in [6, 6.07) is 18.7. The third-order valence-corrected chi connectivity index (χ3v) is 4.14. The molecule has 0 aromatic heterocycles. The molecule has 3 heteroatoms. The molecule has 1 N–H and O–H groups in total. The minimum absolute atomic E-state index is 0.303. The summed E-state index contributed by atoms with van der Waals surface area (Å²) in [5, 5.41) is 24.5. The molecular weight excluding hydrogens is 270 g/mol. The summed E-state index contributed by atoms with van der Waals surface area (Å²) in [7, 11) is 0. The summed E-state index contributed by atoms with van der Waals surface area (Å²) in [4.78, 5) is 0. The molecular formula is C19H15N3. The van der Waals surface area contributed by atoms with E-state index in [0.29, 0.717) is 11.1 Å². The monoisotopic (exact) mass is 285 g/mol. The van der Waals surface area contributed by atoms with Crippen molar-refractivity contribution in [2.45, 2.75) is 19.8 Å². The van der Waals surface area contributed by atoms with Crippen molar-refractivity contribution in [2.24, 2.45) is 0 Å². The molecule has 0 unspecified atom stereocenters. The van der Waals surface area contributed by atoms with E-state index in [1.807, 2.05) is 56.3 Å². The highest BCUT2D eigenvalue weighted by Crippen LogP contribution is 2.39. The van der Waals surface area contributed by atoms with E-state index in [1.54, 1.807) is 0 Å². The lowest BCUT2D eigenvalue weighted by Gasteiger charge is -2.27. The van der Waals surface area contributed by atoms with Gasteiger partial charge in [-0.2, -0.15) is 10.5 Å². The van der Waals surface area contributed by atoms with E-state index < -0.39 is 0 Å². The van der Waals surface area contributed by atoms with Crippen molar-refractivity contribution in [3.05, 3.63) is 70.6 Å². The molecule has 0 saturated heterocycles. The molecule has 1 aliphatic heterocycles. The lowest BCUT2D eigenvalue weighted by molar-refractivity contribution is 0.818. The second kappa shape index (κ2) is 5.39. The second-order valence-electron chi connectivity index (χ2n) is 5.43. The lowest BCUT2D eigenvalue weighted by Crippen LogP contribution is -2.23. The number of rotatable bonds is 1. The minimum Gasteiger partial charge on any atom is -0.361 e. The first-order chi connectivity index (χ1) is 10.7. The van der Waals surface area contributed by atoms with Gasteiger partial charge >= 0.3 is 0 Å². The molecule has 1 heterocycles. The van der Waals surface area contributed by atoms with Crippen LogP contribution in [0.2, 0.25) is 0 Å². The van der Waals surface area contributed by atoms with Crippen LogP contribution in [-0.4, -0.2) is 0 Å². The number of benzene rings is 2. The van der Waals surface area contributed by atoms with Crippen LogP contribution in [0.3, 0.4) is 0 Å². The molecule has 0 radical (unpaired) electrons. The van der Waals surface area contributed by atoms with Gasteiger partial charge in [0.15, 0.2) is 0 Å². The first kappa shape index (κ1) is 13.9. The van der Waals surface area contributed by atoms with E-state index in [0.717, 1.165) is 27.7 Å². The van der Waals surface area contributed by atoms with Crippen LogP contribution >= 0.6 is 0 Å². The number of hydrogen-bond acceptors (Lipinski definition) is 3. The number of dihydropyridines is 1. The van der Waals surface area contributed by atoms with Gasteiger partial charge in [-0.15, -0.1) is 0 Å². The summed E-state index contributed by atoms with van der Waals surface area (Å²) in [6.45, 7) is 3.77. The Morgan fingerprint density at radius 3 is 2.09 bits per heavy atom. The highest BCUT2D eigenvalue weighted by molar-refractivity contribution is 5.87. The van der Waals surface area contributed by atoms with Crippen LogP contribution in [0.1, 0.15) is 25.3 Å². The van der Waals surface area contributed by atoms with E-state index in [2.05, 4.69) is 17.5 Å². The van der Waals surface area contributed by atoms with E-state index in [9.17, 15) is 10.5 Å². The largest absolute Gasteiger partial charge is 0.361 e. The predicted octanol–water partition coefficient (Wildman–Crippen LogP) is 4.12. The van der Waals surface area contributed by atoms with E-state index in [-0.39, 0.29) is 5.92 Å². The van der Waals surface area contributed by atoms with Gasteiger partial charge in [-0.25, -0.2) is 0 Å². The third-order valence-electron chi connectivity index (χ3n) is 4.14. The molecule has 0 aliphatic carbocycles. The molecule has 0 amide bonds. The van der Waals surface area contributed by atoms with Gasteiger partial charge in [-0.1, -0.05) is 42.5 Å². The molecule has 0 bridgehead atoms. The summed E-state index contributed by atoms with van der Waals surface area (Å²) < 4.78 is 0. The standard InChI is InChI=1S/C19H15N3/c1-12-17(10-20)19(18(11-21)13(2)22-12)16-9-5-7-14-6-3-4-8-15(14)16/h3-9,19,22H,1-2H3. The SMILES string of the molecule is CC1=C(C#N)C(c2cccc3ccccc23)C(C#N)=C(C)N1. The summed E-state index contributed by atoms with van der Waals surface area (Å²) in [6.07, 6.45) is 0. The molecule has 0 fully saturated rings. The van der Waals surface area contributed by atoms with Crippen molar-refractivity contribution in [2.75, 3.05) is 0 Å². The Balaban J connectivity index is 2.33. The zero-order chi connectivity index (χ0) is 15.7. The van der Waals surface area contributed by atoms with E-state index in [4.69, 9.17) is 0 Å². The number of nitriles is 2. The maximum Gasteiger partial charge on any atom is 0.0975 e. The van der Waals surface area contributed by atoms with Gasteiger partial charge in [-0.3, -0.25) is 0 Å². The first-order valence-electron chi connectivity index (χ1n) is 7.13. The zero-order valence-electron chi connectivity index (χ0n) is 12.5. The Morgan fingerprint density at radius 1 is 0.864 bits per heavy atom. The molecule has 106 valence electrons. The van der Waals surface area contributed by atoms with Crippen LogP contribution < -0.4 is 5.32 Å². The Bertz CT molecular complexity index is 863. The average Bonchev–Trinajstić information content (AvgIpc) is 2.54. The van der Waals surface area contributed by atoms with E-state index in [1.165, 1.54) is 0 Å².